The lowest BCUT2D eigenvalue weighted by Crippen LogP contribution is -2.30. The fourth-order valence-electron chi connectivity index (χ4n) is 2.06. The first-order chi connectivity index (χ1) is 10.8. The zero-order chi connectivity index (χ0) is 15.2. The molecular weight excluding hydrogens is 312 g/mol. The Morgan fingerprint density at radius 1 is 1.14 bits per heavy atom. The number of hydrogen-bond donors (Lipinski definition) is 2. The van der Waals surface area contributed by atoms with E-state index < -0.39 is 0 Å². The van der Waals surface area contributed by atoms with Crippen molar-refractivity contribution in [2.24, 2.45) is 0 Å². The van der Waals surface area contributed by atoms with Crippen molar-refractivity contribution in [2.75, 3.05) is 17.6 Å². The van der Waals surface area contributed by atoms with E-state index in [9.17, 15) is 0 Å². The Bertz CT molecular complexity index is 755. The zero-order valence-corrected chi connectivity index (χ0v) is 13.5. The second kappa shape index (κ2) is 7.29. The molecule has 0 aliphatic rings. The van der Waals surface area contributed by atoms with Gasteiger partial charge in [0, 0.05) is 30.4 Å². The summed E-state index contributed by atoms with van der Waals surface area (Å²) in [5.74, 6) is 0.925. The quantitative estimate of drug-likeness (QED) is 0.427. The van der Waals surface area contributed by atoms with E-state index in [1.165, 1.54) is 5.03 Å². The highest BCUT2D eigenvalue weighted by molar-refractivity contribution is 7.99. The van der Waals surface area contributed by atoms with Crippen molar-refractivity contribution in [3.8, 4) is 0 Å². The first-order valence-electron chi connectivity index (χ1n) is 6.98. The predicted octanol–water partition coefficient (Wildman–Crippen LogP) is 3.41. The Kier molecular flexibility index (Phi) is 4.92. The van der Waals surface area contributed by atoms with Crippen LogP contribution in [0.2, 0.25) is 0 Å². The number of aromatic nitrogens is 2. The van der Waals surface area contributed by atoms with Crippen molar-refractivity contribution in [1.29, 1.82) is 0 Å². The Morgan fingerprint density at radius 2 is 2.00 bits per heavy atom. The Morgan fingerprint density at radius 3 is 2.86 bits per heavy atom. The monoisotopic (exact) mass is 328 g/mol. The number of thioether (sulfide) groups is 1. The van der Waals surface area contributed by atoms with Gasteiger partial charge in [0.05, 0.1) is 5.03 Å². The molecule has 1 aromatic carbocycles. The van der Waals surface area contributed by atoms with E-state index in [0.717, 1.165) is 23.6 Å². The molecule has 3 rings (SSSR count). The SMILES string of the molecule is S=C(NCCSc1cccc2nccn12)Nc1ccccc1. The van der Waals surface area contributed by atoms with E-state index >= 15 is 0 Å². The molecule has 0 fully saturated rings. The van der Waals surface area contributed by atoms with Crippen LogP contribution in [0.3, 0.4) is 0 Å². The van der Waals surface area contributed by atoms with Crippen LogP contribution < -0.4 is 10.6 Å². The van der Waals surface area contributed by atoms with Crippen LogP contribution in [0.15, 0.2) is 66.0 Å². The fraction of sp³-hybridized carbons (Fsp3) is 0.125. The molecule has 22 heavy (non-hydrogen) atoms. The normalized spacial score (nSPS) is 10.5. The number of pyridine rings is 1. The number of benzene rings is 1. The highest BCUT2D eigenvalue weighted by atomic mass is 32.2. The number of thiocarbonyl (C=S) groups is 1. The van der Waals surface area contributed by atoms with Crippen molar-refractivity contribution < 1.29 is 0 Å². The molecule has 0 aliphatic heterocycles. The summed E-state index contributed by atoms with van der Waals surface area (Å²) in [7, 11) is 0. The first kappa shape index (κ1) is 14.9. The minimum atomic E-state index is 0.646. The fourth-order valence-corrected chi connectivity index (χ4v) is 3.16. The maximum Gasteiger partial charge on any atom is 0.170 e. The summed E-state index contributed by atoms with van der Waals surface area (Å²) in [5, 5.41) is 8.21. The highest BCUT2D eigenvalue weighted by Gasteiger charge is 2.01. The Labute approximate surface area is 139 Å². The molecule has 3 aromatic rings. The largest absolute Gasteiger partial charge is 0.362 e. The molecule has 2 aromatic heterocycles. The minimum Gasteiger partial charge on any atom is -0.362 e. The van der Waals surface area contributed by atoms with E-state index in [2.05, 4.69) is 26.1 Å². The van der Waals surface area contributed by atoms with Gasteiger partial charge in [-0.1, -0.05) is 24.3 Å². The third kappa shape index (κ3) is 3.78. The van der Waals surface area contributed by atoms with Crippen molar-refractivity contribution in [1.82, 2.24) is 14.7 Å². The highest BCUT2D eigenvalue weighted by Crippen LogP contribution is 2.18. The summed E-state index contributed by atoms with van der Waals surface area (Å²) >= 11 is 7.06. The van der Waals surface area contributed by atoms with Crippen molar-refractivity contribution >= 4 is 40.4 Å². The lowest BCUT2D eigenvalue weighted by Gasteiger charge is -2.10. The number of hydrogen-bond acceptors (Lipinski definition) is 3. The van der Waals surface area contributed by atoms with Crippen LogP contribution in [0, 0.1) is 0 Å². The molecule has 0 radical (unpaired) electrons. The molecule has 0 bridgehead atoms. The lowest BCUT2D eigenvalue weighted by molar-refractivity contribution is 0.977. The number of imidazole rings is 1. The number of nitrogens with one attached hydrogen (secondary N) is 2. The number of para-hydroxylation sites is 1. The van der Waals surface area contributed by atoms with E-state index in [1.54, 1.807) is 11.8 Å². The summed E-state index contributed by atoms with van der Waals surface area (Å²) in [6.07, 6.45) is 3.79. The Hall–Kier alpha value is -2.05. The maximum absolute atomic E-state index is 5.28. The molecule has 2 N–H and O–H groups in total. The zero-order valence-electron chi connectivity index (χ0n) is 11.9. The molecule has 4 nitrogen and oxygen atoms in total. The predicted molar refractivity (Wildman–Crippen MR) is 96.6 cm³/mol. The average molecular weight is 328 g/mol. The van der Waals surface area contributed by atoms with E-state index in [0.29, 0.717) is 5.11 Å². The van der Waals surface area contributed by atoms with Crippen molar-refractivity contribution in [2.45, 2.75) is 5.03 Å². The smallest absolute Gasteiger partial charge is 0.170 e. The van der Waals surface area contributed by atoms with Gasteiger partial charge in [-0.15, -0.1) is 11.8 Å². The lowest BCUT2D eigenvalue weighted by atomic mass is 10.3. The third-order valence-corrected chi connectivity index (χ3v) is 4.34. The van der Waals surface area contributed by atoms with Gasteiger partial charge in [-0.05, 0) is 36.5 Å². The maximum atomic E-state index is 5.28. The second-order valence-corrected chi connectivity index (χ2v) is 6.14. The van der Waals surface area contributed by atoms with Gasteiger partial charge < -0.3 is 10.6 Å². The van der Waals surface area contributed by atoms with E-state index in [1.807, 2.05) is 54.9 Å². The molecule has 0 amide bonds. The van der Waals surface area contributed by atoms with Gasteiger partial charge in [0.25, 0.3) is 0 Å². The summed E-state index contributed by atoms with van der Waals surface area (Å²) in [5.41, 5.74) is 1.97. The molecular formula is C16H16N4S2. The topological polar surface area (TPSA) is 41.4 Å². The number of fused-ring (bicyclic) bond motifs is 1. The standard InChI is InChI=1S/C16H16N4S2/c21-16(19-13-5-2-1-3-6-13)18-10-12-22-15-8-4-7-14-17-9-11-20(14)15/h1-9,11H,10,12H2,(H2,18,19,21). The molecule has 0 aliphatic carbocycles. The van der Waals surface area contributed by atoms with Gasteiger partial charge in [-0.25, -0.2) is 4.98 Å². The van der Waals surface area contributed by atoms with Crippen LogP contribution >= 0.6 is 24.0 Å². The number of nitrogens with zero attached hydrogens (tertiary/aromatic N) is 2. The van der Waals surface area contributed by atoms with Crippen LogP contribution in [-0.4, -0.2) is 26.8 Å². The molecule has 6 heteroatoms. The molecule has 0 unspecified atom stereocenters. The first-order valence-corrected chi connectivity index (χ1v) is 8.37. The number of anilines is 1. The molecule has 112 valence electrons. The summed E-state index contributed by atoms with van der Waals surface area (Å²) in [6, 6.07) is 16.0. The van der Waals surface area contributed by atoms with Crippen molar-refractivity contribution in [3.05, 3.63) is 60.9 Å². The minimum absolute atomic E-state index is 0.646. The van der Waals surface area contributed by atoms with Gasteiger partial charge in [0.15, 0.2) is 5.11 Å². The molecule has 0 saturated heterocycles. The summed E-state index contributed by atoms with van der Waals surface area (Å²) < 4.78 is 2.09. The third-order valence-electron chi connectivity index (χ3n) is 3.06. The van der Waals surface area contributed by atoms with Crippen LogP contribution in [0.1, 0.15) is 0 Å². The second-order valence-electron chi connectivity index (χ2n) is 4.61. The van der Waals surface area contributed by atoms with E-state index in [-0.39, 0.29) is 0 Å². The van der Waals surface area contributed by atoms with Crippen LogP contribution in [0.25, 0.3) is 5.65 Å². The van der Waals surface area contributed by atoms with Crippen LogP contribution in [0.4, 0.5) is 5.69 Å². The van der Waals surface area contributed by atoms with Gasteiger partial charge in [-0.3, -0.25) is 4.40 Å². The van der Waals surface area contributed by atoms with Gasteiger partial charge >= 0.3 is 0 Å². The molecule has 0 spiro atoms. The Balaban J connectivity index is 1.46. The van der Waals surface area contributed by atoms with E-state index in [4.69, 9.17) is 12.2 Å². The molecule has 2 heterocycles. The number of rotatable bonds is 5. The van der Waals surface area contributed by atoms with Crippen LogP contribution in [-0.2, 0) is 0 Å². The van der Waals surface area contributed by atoms with Gasteiger partial charge in [0.2, 0.25) is 0 Å². The van der Waals surface area contributed by atoms with Crippen molar-refractivity contribution in [3.63, 3.8) is 0 Å². The van der Waals surface area contributed by atoms with Crippen LogP contribution in [0.5, 0.6) is 0 Å². The van der Waals surface area contributed by atoms with Gasteiger partial charge in [0.1, 0.15) is 5.65 Å². The average Bonchev–Trinajstić information content (AvgIpc) is 3.02. The molecule has 0 atom stereocenters. The summed E-state index contributed by atoms with van der Waals surface area (Å²) in [6.45, 7) is 0.800. The molecule has 0 saturated carbocycles. The van der Waals surface area contributed by atoms with Gasteiger partial charge in [-0.2, -0.15) is 0 Å². The summed E-state index contributed by atoms with van der Waals surface area (Å²) in [4.78, 5) is 4.29.